The molecular formula is C11H7N3OS2. The second kappa shape index (κ2) is 5.48. The van der Waals surface area contributed by atoms with Crippen molar-refractivity contribution in [2.24, 2.45) is 0 Å². The molecule has 0 aliphatic rings. The number of thioether (sulfide) groups is 1. The van der Waals surface area contributed by atoms with Gasteiger partial charge in [-0.3, -0.25) is 4.79 Å². The molecule has 0 atom stereocenters. The van der Waals surface area contributed by atoms with Crippen LogP contribution < -0.4 is 5.32 Å². The lowest BCUT2D eigenvalue weighted by Crippen LogP contribution is -2.11. The van der Waals surface area contributed by atoms with Gasteiger partial charge in [-0.25, -0.2) is 4.98 Å². The number of nitrogens with one attached hydrogen (secondary N) is 1. The van der Waals surface area contributed by atoms with Crippen molar-refractivity contribution in [1.29, 1.82) is 5.26 Å². The van der Waals surface area contributed by atoms with Crippen LogP contribution in [0.15, 0.2) is 40.7 Å². The molecular weight excluding hydrogens is 254 g/mol. The number of carbonyl (C=O) groups excluding carboxylic acids is 1. The first-order chi connectivity index (χ1) is 8.29. The van der Waals surface area contributed by atoms with E-state index in [1.807, 2.05) is 5.40 Å². The van der Waals surface area contributed by atoms with Crippen molar-refractivity contribution >= 4 is 34.7 Å². The first kappa shape index (κ1) is 11.6. The quantitative estimate of drug-likeness (QED) is 0.681. The average molecular weight is 261 g/mol. The molecule has 0 saturated carbocycles. The Hall–Kier alpha value is -1.84. The molecule has 84 valence electrons. The maximum Gasteiger partial charge on any atom is 0.284 e. The lowest BCUT2D eigenvalue weighted by Gasteiger charge is -2.02. The van der Waals surface area contributed by atoms with Crippen molar-refractivity contribution in [1.82, 2.24) is 4.98 Å². The summed E-state index contributed by atoms with van der Waals surface area (Å²) in [6, 6.07) is 7.08. The second-order valence-electron chi connectivity index (χ2n) is 3.01. The van der Waals surface area contributed by atoms with Crippen molar-refractivity contribution < 1.29 is 4.79 Å². The van der Waals surface area contributed by atoms with E-state index in [-0.39, 0.29) is 5.91 Å². The summed E-state index contributed by atoms with van der Waals surface area (Å²) < 4.78 is 0. The van der Waals surface area contributed by atoms with E-state index in [4.69, 9.17) is 5.26 Å². The Bertz CT molecular complexity index is 543. The topological polar surface area (TPSA) is 65.8 Å². The molecule has 0 fully saturated rings. The summed E-state index contributed by atoms with van der Waals surface area (Å²) in [5.41, 5.74) is 0.687. The number of hydrogen-bond donors (Lipinski definition) is 1. The number of thiazole rings is 1. The van der Waals surface area contributed by atoms with E-state index in [0.717, 1.165) is 16.7 Å². The van der Waals surface area contributed by atoms with E-state index in [1.165, 1.54) is 11.3 Å². The smallest absolute Gasteiger partial charge is 0.284 e. The number of nitrogens with zero attached hydrogens (tertiary/aromatic N) is 2. The fraction of sp³-hybridized carbons (Fsp3) is 0. The number of hydrogen-bond acceptors (Lipinski definition) is 5. The molecule has 1 amide bonds. The number of rotatable bonds is 3. The number of aromatic nitrogens is 1. The molecule has 1 N–H and O–H groups in total. The van der Waals surface area contributed by atoms with Gasteiger partial charge in [0.25, 0.3) is 5.91 Å². The predicted octanol–water partition coefficient (Wildman–Crippen LogP) is 2.97. The number of thiocyanates is 1. The fourth-order valence-corrected chi connectivity index (χ4v) is 2.09. The number of carbonyl (C=O) groups is 1. The summed E-state index contributed by atoms with van der Waals surface area (Å²) in [6.07, 6.45) is 1.59. The van der Waals surface area contributed by atoms with Crippen LogP contribution in [0.25, 0.3) is 0 Å². The maximum absolute atomic E-state index is 11.7. The van der Waals surface area contributed by atoms with Gasteiger partial charge in [-0.05, 0) is 36.0 Å². The molecule has 6 heteroatoms. The highest BCUT2D eigenvalue weighted by Crippen LogP contribution is 2.19. The van der Waals surface area contributed by atoms with Gasteiger partial charge in [0.05, 0.1) is 0 Å². The Morgan fingerprint density at radius 2 is 2.18 bits per heavy atom. The van der Waals surface area contributed by atoms with Gasteiger partial charge in [0, 0.05) is 22.2 Å². The van der Waals surface area contributed by atoms with Gasteiger partial charge < -0.3 is 5.32 Å². The van der Waals surface area contributed by atoms with Crippen LogP contribution in [0, 0.1) is 10.7 Å². The molecule has 2 aromatic rings. The van der Waals surface area contributed by atoms with E-state index >= 15 is 0 Å². The maximum atomic E-state index is 11.7. The van der Waals surface area contributed by atoms with Crippen LogP contribution in [0.4, 0.5) is 5.69 Å². The van der Waals surface area contributed by atoms with E-state index < -0.39 is 0 Å². The zero-order valence-electron chi connectivity index (χ0n) is 8.58. The van der Waals surface area contributed by atoms with Crippen LogP contribution in [0.1, 0.15) is 9.80 Å². The van der Waals surface area contributed by atoms with Gasteiger partial charge in [-0.2, -0.15) is 5.26 Å². The number of benzene rings is 1. The molecule has 17 heavy (non-hydrogen) atoms. The number of anilines is 1. The van der Waals surface area contributed by atoms with Gasteiger partial charge in [0.1, 0.15) is 5.40 Å². The van der Waals surface area contributed by atoms with E-state index in [1.54, 1.807) is 35.8 Å². The standard InChI is InChI=1S/C11H7N3OS2/c12-7-17-9-3-1-8(2-4-9)14-10(15)11-13-5-6-16-11/h1-6H,(H,14,15). The minimum absolute atomic E-state index is 0.222. The summed E-state index contributed by atoms with van der Waals surface area (Å²) in [5, 5.41) is 15.4. The molecule has 0 spiro atoms. The molecule has 0 aliphatic heterocycles. The van der Waals surface area contributed by atoms with Gasteiger partial charge in [-0.15, -0.1) is 11.3 Å². The Balaban J connectivity index is 2.05. The zero-order chi connectivity index (χ0) is 12.1. The minimum atomic E-state index is -0.222. The molecule has 1 heterocycles. The first-order valence-electron chi connectivity index (χ1n) is 4.66. The fourth-order valence-electron chi connectivity index (χ4n) is 1.18. The Morgan fingerprint density at radius 1 is 1.41 bits per heavy atom. The number of nitriles is 1. The molecule has 4 nitrogen and oxygen atoms in total. The molecule has 1 aromatic carbocycles. The van der Waals surface area contributed by atoms with Crippen LogP contribution in [0.2, 0.25) is 0 Å². The van der Waals surface area contributed by atoms with Crippen LogP contribution in [0.5, 0.6) is 0 Å². The highest BCUT2D eigenvalue weighted by Gasteiger charge is 2.08. The van der Waals surface area contributed by atoms with Gasteiger partial charge >= 0.3 is 0 Å². The van der Waals surface area contributed by atoms with E-state index in [9.17, 15) is 4.79 Å². The van der Waals surface area contributed by atoms with Gasteiger partial charge in [0.2, 0.25) is 0 Å². The van der Waals surface area contributed by atoms with Crippen molar-refractivity contribution in [3.8, 4) is 5.40 Å². The molecule has 0 saturated heterocycles. The normalized spacial score (nSPS) is 9.59. The third-order valence-corrected chi connectivity index (χ3v) is 3.27. The SMILES string of the molecule is N#CSc1ccc(NC(=O)c2nccs2)cc1. The Labute approximate surface area is 106 Å². The summed E-state index contributed by atoms with van der Waals surface area (Å²) in [7, 11) is 0. The predicted molar refractivity (Wildman–Crippen MR) is 68.0 cm³/mol. The third-order valence-electron chi connectivity index (χ3n) is 1.90. The van der Waals surface area contributed by atoms with Crippen molar-refractivity contribution in [2.75, 3.05) is 5.32 Å². The van der Waals surface area contributed by atoms with Crippen LogP contribution in [0.3, 0.4) is 0 Å². The summed E-state index contributed by atoms with van der Waals surface area (Å²) in [6.45, 7) is 0. The summed E-state index contributed by atoms with van der Waals surface area (Å²) in [5.74, 6) is -0.222. The van der Waals surface area contributed by atoms with Gasteiger partial charge in [0.15, 0.2) is 5.01 Å². The zero-order valence-corrected chi connectivity index (χ0v) is 10.2. The van der Waals surface area contributed by atoms with Crippen LogP contribution >= 0.6 is 23.1 Å². The molecule has 2 rings (SSSR count). The third kappa shape index (κ3) is 3.06. The first-order valence-corrected chi connectivity index (χ1v) is 6.36. The Kier molecular flexibility index (Phi) is 3.75. The molecule has 0 aliphatic carbocycles. The van der Waals surface area contributed by atoms with Crippen molar-refractivity contribution in [3.05, 3.63) is 40.8 Å². The van der Waals surface area contributed by atoms with Crippen LogP contribution in [-0.2, 0) is 0 Å². The van der Waals surface area contributed by atoms with Crippen LogP contribution in [-0.4, -0.2) is 10.9 Å². The van der Waals surface area contributed by atoms with E-state index in [0.29, 0.717) is 10.7 Å². The second-order valence-corrected chi connectivity index (χ2v) is 4.76. The number of amides is 1. The Morgan fingerprint density at radius 3 is 2.76 bits per heavy atom. The largest absolute Gasteiger partial charge is 0.320 e. The molecule has 0 bridgehead atoms. The van der Waals surface area contributed by atoms with Gasteiger partial charge in [-0.1, -0.05) is 0 Å². The van der Waals surface area contributed by atoms with E-state index in [2.05, 4.69) is 10.3 Å². The van der Waals surface area contributed by atoms with Crippen molar-refractivity contribution in [3.63, 3.8) is 0 Å². The molecule has 0 radical (unpaired) electrons. The minimum Gasteiger partial charge on any atom is -0.320 e. The van der Waals surface area contributed by atoms with Crippen molar-refractivity contribution in [2.45, 2.75) is 4.90 Å². The average Bonchev–Trinajstić information content (AvgIpc) is 2.86. The summed E-state index contributed by atoms with van der Waals surface area (Å²) in [4.78, 5) is 16.4. The summed E-state index contributed by atoms with van der Waals surface area (Å²) >= 11 is 2.37. The molecule has 0 unspecified atom stereocenters. The molecule has 1 aromatic heterocycles. The lowest BCUT2D eigenvalue weighted by molar-refractivity contribution is 0.102. The highest BCUT2D eigenvalue weighted by molar-refractivity contribution is 8.03. The lowest BCUT2D eigenvalue weighted by atomic mass is 10.3. The highest BCUT2D eigenvalue weighted by atomic mass is 32.2. The monoisotopic (exact) mass is 261 g/mol.